The number of nitrogens with zero attached hydrogens (tertiary/aromatic N) is 2. The summed E-state index contributed by atoms with van der Waals surface area (Å²) in [7, 11) is 0. The predicted molar refractivity (Wildman–Crippen MR) is 89.1 cm³/mol. The summed E-state index contributed by atoms with van der Waals surface area (Å²) in [6.07, 6.45) is -9.30. The van der Waals surface area contributed by atoms with E-state index < -0.39 is 49.7 Å². The van der Waals surface area contributed by atoms with Crippen LogP contribution < -0.4 is 5.73 Å². The molecule has 0 fully saturated rings. The smallest absolute Gasteiger partial charge is 0.326 e. The average Bonchev–Trinajstić information content (AvgIpc) is 2.60. The van der Waals surface area contributed by atoms with Gasteiger partial charge >= 0.3 is 12.4 Å². The SMILES string of the molecule is NCc1ccc([N+](=O)[O-])cc1C(F)(F)F.O=[N+]([O-])c1ccc(Cl)c(C(F)(F)F)c1. The Morgan fingerprint density at radius 2 is 1.24 bits per heavy atom. The molecular formula is C15H10ClF6N3O4. The highest BCUT2D eigenvalue weighted by atomic mass is 35.5. The van der Waals surface area contributed by atoms with Crippen LogP contribution in [0.3, 0.4) is 0 Å². The Balaban J connectivity index is 0.000000291. The van der Waals surface area contributed by atoms with Crippen molar-refractivity contribution in [2.75, 3.05) is 0 Å². The molecule has 0 aromatic heterocycles. The van der Waals surface area contributed by atoms with Gasteiger partial charge in [0.2, 0.25) is 0 Å². The number of nitro groups is 2. The molecule has 0 bridgehead atoms. The van der Waals surface area contributed by atoms with Crippen LogP contribution in [0.2, 0.25) is 5.02 Å². The summed E-state index contributed by atoms with van der Waals surface area (Å²) in [5, 5.41) is 19.9. The number of halogens is 7. The number of hydrogen-bond donors (Lipinski definition) is 1. The van der Waals surface area contributed by atoms with Crippen LogP contribution in [-0.4, -0.2) is 9.85 Å². The maximum atomic E-state index is 12.4. The zero-order chi connectivity index (χ0) is 22.6. The van der Waals surface area contributed by atoms with Gasteiger partial charge < -0.3 is 5.73 Å². The normalized spacial score (nSPS) is 11.4. The quantitative estimate of drug-likeness (QED) is 0.389. The lowest BCUT2D eigenvalue weighted by atomic mass is 10.1. The predicted octanol–water partition coefficient (Wildman–Crippen LogP) is 5.34. The standard InChI is InChI=1S/C8H7F3N2O2.C7H3ClF3NO2/c9-8(10,11)7-3-6(13(14)15)2-1-5(7)4-12;8-6-2-1-4(12(13)14)3-5(6)7(9,10)11/h1-3H,4,12H2;1-3H. The van der Waals surface area contributed by atoms with E-state index >= 15 is 0 Å². The lowest BCUT2D eigenvalue weighted by molar-refractivity contribution is -0.385. The molecule has 158 valence electrons. The fourth-order valence-corrected chi connectivity index (χ4v) is 2.19. The van der Waals surface area contributed by atoms with Crippen LogP contribution >= 0.6 is 11.6 Å². The molecule has 0 aliphatic heterocycles. The summed E-state index contributed by atoms with van der Waals surface area (Å²) in [6.45, 7) is -0.313. The molecule has 0 aliphatic rings. The van der Waals surface area contributed by atoms with Gasteiger partial charge in [-0.3, -0.25) is 20.2 Å². The molecule has 7 nitrogen and oxygen atoms in total. The van der Waals surface area contributed by atoms with E-state index in [4.69, 9.17) is 17.3 Å². The van der Waals surface area contributed by atoms with Gasteiger partial charge in [0.05, 0.1) is 26.0 Å². The van der Waals surface area contributed by atoms with Crippen molar-refractivity contribution in [3.8, 4) is 0 Å². The molecule has 0 saturated carbocycles. The fraction of sp³-hybridized carbons (Fsp3) is 0.200. The summed E-state index contributed by atoms with van der Waals surface area (Å²) < 4.78 is 73.8. The second-order valence-electron chi connectivity index (χ2n) is 5.22. The van der Waals surface area contributed by atoms with E-state index in [9.17, 15) is 46.6 Å². The summed E-state index contributed by atoms with van der Waals surface area (Å²) in [6, 6.07) is 4.67. The Bertz CT molecular complexity index is 918. The number of nitro benzene ring substituents is 2. The minimum atomic E-state index is -4.68. The van der Waals surface area contributed by atoms with Gasteiger partial charge in [-0.2, -0.15) is 26.3 Å². The molecule has 14 heteroatoms. The first-order valence-corrected chi connectivity index (χ1v) is 7.62. The van der Waals surface area contributed by atoms with Gasteiger partial charge in [0.25, 0.3) is 11.4 Å². The molecule has 0 amide bonds. The molecule has 0 unspecified atom stereocenters. The third kappa shape index (κ3) is 6.57. The Hall–Kier alpha value is -2.93. The average molecular weight is 446 g/mol. The second-order valence-corrected chi connectivity index (χ2v) is 5.63. The van der Waals surface area contributed by atoms with Crippen molar-refractivity contribution in [2.24, 2.45) is 5.73 Å². The third-order valence-corrected chi connectivity index (χ3v) is 3.63. The molecule has 29 heavy (non-hydrogen) atoms. The zero-order valence-corrected chi connectivity index (χ0v) is 14.7. The molecule has 2 N–H and O–H groups in total. The highest BCUT2D eigenvalue weighted by Crippen LogP contribution is 2.36. The Labute approximate surface area is 163 Å². The van der Waals surface area contributed by atoms with E-state index in [-0.39, 0.29) is 12.1 Å². The number of rotatable bonds is 3. The molecule has 2 aromatic carbocycles. The van der Waals surface area contributed by atoms with Gasteiger partial charge in [-0.05, 0) is 11.6 Å². The monoisotopic (exact) mass is 445 g/mol. The van der Waals surface area contributed by atoms with Crippen molar-refractivity contribution < 1.29 is 36.2 Å². The molecule has 0 radical (unpaired) electrons. The highest BCUT2D eigenvalue weighted by Gasteiger charge is 2.35. The Morgan fingerprint density at radius 3 is 1.62 bits per heavy atom. The van der Waals surface area contributed by atoms with Crippen LogP contribution in [0, 0.1) is 20.2 Å². The number of alkyl halides is 6. The largest absolute Gasteiger partial charge is 0.418 e. The van der Waals surface area contributed by atoms with Crippen LogP contribution in [0.1, 0.15) is 16.7 Å². The van der Waals surface area contributed by atoms with E-state index in [1.165, 1.54) is 0 Å². The van der Waals surface area contributed by atoms with E-state index in [0.29, 0.717) is 12.1 Å². The molecule has 0 spiro atoms. The van der Waals surface area contributed by atoms with Gasteiger partial charge in [-0.1, -0.05) is 17.7 Å². The Morgan fingerprint density at radius 1 is 0.828 bits per heavy atom. The van der Waals surface area contributed by atoms with Gasteiger partial charge in [0.1, 0.15) is 0 Å². The maximum absolute atomic E-state index is 12.4. The number of nitrogens with two attached hydrogens (primary N) is 1. The molecule has 2 rings (SSSR count). The maximum Gasteiger partial charge on any atom is 0.418 e. The molecule has 0 saturated heterocycles. The zero-order valence-electron chi connectivity index (χ0n) is 13.9. The van der Waals surface area contributed by atoms with Crippen molar-refractivity contribution in [3.63, 3.8) is 0 Å². The minimum absolute atomic E-state index is 0.159. The van der Waals surface area contributed by atoms with Crippen molar-refractivity contribution in [1.29, 1.82) is 0 Å². The second kappa shape index (κ2) is 9.05. The summed E-state index contributed by atoms with van der Waals surface area (Å²) in [5.74, 6) is 0. The van der Waals surface area contributed by atoms with Gasteiger partial charge in [0.15, 0.2) is 0 Å². The van der Waals surface area contributed by atoms with Gasteiger partial charge in [-0.15, -0.1) is 0 Å². The third-order valence-electron chi connectivity index (χ3n) is 3.30. The van der Waals surface area contributed by atoms with Crippen LogP contribution in [0.25, 0.3) is 0 Å². The first kappa shape index (κ1) is 24.1. The topological polar surface area (TPSA) is 112 Å². The summed E-state index contributed by atoms with van der Waals surface area (Å²) >= 11 is 5.24. The summed E-state index contributed by atoms with van der Waals surface area (Å²) in [4.78, 5) is 18.7. The number of hydrogen-bond acceptors (Lipinski definition) is 5. The summed E-state index contributed by atoms with van der Waals surface area (Å²) in [5.41, 5.74) is 1.45. The number of non-ortho nitro benzene ring substituents is 2. The van der Waals surface area contributed by atoms with Crippen LogP contribution in [0.5, 0.6) is 0 Å². The minimum Gasteiger partial charge on any atom is -0.326 e. The first-order valence-electron chi connectivity index (χ1n) is 7.24. The van der Waals surface area contributed by atoms with Crippen molar-refractivity contribution in [2.45, 2.75) is 18.9 Å². The lowest BCUT2D eigenvalue weighted by Crippen LogP contribution is -2.12. The van der Waals surface area contributed by atoms with Crippen LogP contribution in [0.4, 0.5) is 37.7 Å². The van der Waals surface area contributed by atoms with Crippen molar-refractivity contribution >= 4 is 23.0 Å². The molecule has 0 atom stereocenters. The molecule has 2 aromatic rings. The van der Waals surface area contributed by atoms with E-state index in [1.54, 1.807) is 0 Å². The van der Waals surface area contributed by atoms with Gasteiger partial charge in [-0.25, -0.2) is 0 Å². The van der Waals surface area contributed by atoms with E-state index in [2.05, 4.69) is 0 Å². The highest BCUT2D eigenvalue weighted by molar-refractivity contribution is 6.31. The number of benzene rings is 2. The fourth-order valence-electron chi connectivity index (χ4n) is 1.96. The van der Waals surface area contributed by atoms with E-state index in [1.807, 2.05) is 0 Å². The van der Waals surface area contributed by atoms with Crippen molar-refractivity contribution in [1.82, 2.24) is 0 Å². The molecule has 0 heterocycles. The Kier molecular flexibility index (Phi) is 7.52. The van der Waals surface area contributed by atoms with Crippen LogP contribution in [-0.2, 0) is 18.9 Å². The lowest BCUT2D eigenvalue weighted by Gasteiger charge is -2.10. The van der Waals surface area contributed by atoms with Crippen LogP contribution in [0.15, 0.2) is 36.4 Å². The first-order chi connectivity index (χ1) is 13.2. The van der Waals surface area contributed by atoms with Gasteiger partial charge in [0, 0.05) is 30.8 Å². The molecular weight excluding hydrogens is 436 g/mol. The molecule has 0 aliphatic carbocycles. The van der Waals surface area contributed by atoms with E-state index in [0.717, 1.165) is 24.3 Å². The van der Waals surface area contributed by atoms with Crippen molar-refractivity contribution in [3.05, 3.63) is 78.3 Å².